The zero-order valence-electron chi connectivity index (χ0n) is 24.5. The van der Waals surface area contributed by atoms with Gasteiger partial charge in [0, 0.05) is 9.89 Å². The van der Waals surface area contributed by atoms with Crippen LogP contribution in [0.2, 0.25) is 0 Å². The molecule has 0 amide bonds. The lowest BCUT2D eigenvalue weighted by atomic mass is 9.68. The molecule has 0 saturated carbocycles. The molecule has 3 nitrogen and oxygen atoms in total. The molecule has 0 bridgehead atoms. The molecule has 0 unspecified atom stereocenters. The number of rotatable bonds is 11. The van der Waals surface area contributed by atoms with E-state index in [2.05, 4.69) is 81.7 Å². The third-order valence-electron chi connectivity index (χ3n) is 9.66. The van der Waals surface area contributed by atoms with E-state index < -0.39 is 0 Å². The first-order valence-electron chi connectivity index (χ1n) is 15.1. The summed E-state index contributed by atoms with van der Waals surface area (Å²) in [7, 11) is -0.363. The van der Waals surface area contributed by atoms with Crippen LogP contribution in [0.5, 0.6) is 0 Å². The Bertz CT molecular complexity index is 1140. The maximum Gasteiger partial charge on any atom is 0.494 e. The van der Waals surface area contributed by atoms with Gasteiger partial charge in [0.2, 0.25) is 0 Å². The number of unbranched alkanes of at least 4 members (excludes halogenated alkanes) is 6. The van der Waals surface area contributed by atoms with Crippen molar-refractivity contribution >= 4 is 28.5 Å². The predicted molar refractivity (Wildman–Crippen MR) is 162 cm³/mol. The van der Waals surface area contributed by atoms with Crippen LogP contribution in [-0.2, 0) is 32.7 Å². The molecule has 2 heterocycles. The molecular formula is C33H46BBrO3. The SMILES string of the molecule is CCCCCCC1(CCCCCC)c2cc(Br)cc3c2-c2c(cc(B4OC(C)(C)C(C)(C)O4)cc21)COC3. The fourth-order valence-corrected chi connectivity index (χ4v) is 7.37. The Morgan fingerprint density at radius 3 is 1.79 bits per heavy atom. The third kappa shape index (κ3) is 4.95. The molecule has 2 aromatic rings. The fourth-order valence-electron chi connectivity index (χ4n) is 6.87. The summed E-state index contributed by atoms with van der Waals surface area (Å²) in [6, 6.07) is 9.49. The number of benzene rings is 2. The van der Waals surface area contributed by atoms with Gasteiger partial charge in [-0.3, -0.25) is 0 Å². The molecule has 0 aromatic heterocycles. The van der Waals surface area contributed by atoms with E-state index in [0.29, 0.717) is 13.2 Å². The molecule has 206 valence electrons. The highest BCUT2D eigenvalue weighted by Crippen LogP contribution is 2.57. The highest BCUT2D eigenvalue weighted by molar-refractivity contribution is 9.10. The third-order valence-corrected chi connectivity index (χ3v) is 10.1. The minimum absolute atomic E-state index is 0.0242. The van der Waals surface area contributed by atoms with Gasteiger partial charge in [0.25, 0.3) is 0 Å². The zero-order chi connectivity index (χ0) is 27.1. The minimum Gasteiger partial charge on any atom is -0.399 e. The Labute approximate surface area is 239 Å². The van der Waals surface area contributed by atoms with Gasteiger partial charge in [-0.15, -0.1) is 0 Å². The van der Waals surface area contributed by atoms with Crippen LogP contribution in [0.4, 0.5) is 0 Å². The lowest BCUT2D eigenvalue weighted by Gasteiger charge is -2.34. The van der Waals surface area contributed by atoms with E-state index in [9.17, 15) is 0 Å². The highest BCUT2D eigenvalue weighted by Gasteiger charge is 2.53. The van der Waals surface area contributed by atoms with Gasteiger partial charge in [-0.25, -0.2) is 0 Å². The zero-order valence-corrected chi connectivity index (χ0v) is 26.1. The van der Waals surface area contributed by atoms with Gasteiger partial charge in [-0.2, -0.15) is 0 Å². The van der Waals surface area contributed by atoms with Crippen LogP contribution in [0.1, 0.15) is 128 Å². The van der Waals surface area contributed by atoms with Gasteiger partial charge in [0.15, 0.2) is 0 Å². The lowest BCUT2D eigenvalue weighted by molar-refractivity contribution is 0.00578. The summed E-state index contributed by atoms with van der Waals surface area (Å²) in [5.41, 5.74) is 8.95. The normalized spacial score (nSPS) is 20.0. The van der Waals surface area contributed by atoms with E-state index in [1.165, 1.54) is 102 Å². The van der Waals surface area contributed by atoms with Crippen LogP contribution < -0.4 is 5.46 Å². The van der Waals surface area contributed by atoms with Crippen molar-refractivity contribution in [2.45, 2.75) is 136 Å². The van der Waals surface area contributed by atoms with E-state index in [4.69, 9.17) is 14.0 Å². The second-order valence-corrected chi connectivity index (χ2v) is 13.8. The van der Waals surface area contributed by atoms with E-state index in [1.54, 1.807) is 0 Å². The molecule has 1 aliphatic carbocycles. The van der Waals surface area contributed by atoms with E-state index in [0.717, 1.165) is 5.46 Å². The Hall–Kier alpha value is -1.14. The van der Waals surface area contributed by atoms with Crippen molar-refractivity contribution in [2.24, 2.45) is 0 Å². The molecule has 38 heavy (non-hydrogen) atoms. The maximum atomic E-state index is 6.58. The summed E-state index contributed by atoms with van der Waals surface area (Å²) >= 11 is 3.88. The fraction of sp³-hybridized carbons (Fsp3) is 0.636. The molecule has 2 aromatic carbocycles. The molecule has 0 spiro atoms. The van der Waals surface area contributed by atoms with E-state index in [-0.39, 0.29) is 23.7 Å². The number of ether oxygens (including phenoxy) is 1. The van der Waals surface area contributed by atoms with E-state index in [1.807, 2.05) is 0 Å². The molecule has 0 atom stereocenters. The molecule has 3 aliphatic rings. The molecule has 2 aliphatic heterocycles. The molecule has 0 N–H and O–H groups in total. The van der Waals surface area contributed by atoms with Crippen molar-refractivity contribution in [1.29, 1.82) is 0 Å². The molecule has 1 saturated heterocycles. The van der Waals surface area contributed by atoms with Gasteiger partial charge in [-0.05, 0) is 91.5 Å². The molecule has 0 radical (unpaired) electrons. The van der Waals surface area contributed by atoms with Crippen LogP contribution in [0, 0.1) is 0 Å². The minimum atomic E-state index is -0.363. The van der Waals surface area contributed by atoms with E-state index >= 15 is 0 Å². The van der Waals surface area contributed by atoms with Crippen LogP contribution >= 0.6 is 15.9 Å². The van der Waals surface area contributed by atoms with Gasteiger partial charge in [-0.1, -0.05) is 93.3 Å². The second kappa shape index (κ2) is 11.0. The topological polar surface area (TPSA) is 27.7 Å². The van der Waals surface area contributed by atoms with Crippen LogP contribution in [0.25, 0.3) is 11.1 Å². The average Bonchev–Trinajstić information content (AvgIpc) is 3.15. The maximum absolute atomic E-state index is 6.58. The van der Waals surface area contributed by atoms with Crippen molar-refractivity contribution < 1.29 is 14.0 Å². The van der Waals surface area contributed by atoms with Crippen LogP contribution in [0.3, 0.4) is 0 Å². The summed E-state index contributed by atoms with van der Waals surface area (Å²) < 4.78 is 20.6. The summed E-state index contributed by atoms with van der Waals surface area (Å²) in [5, 5.41) is 0. The van der Waals surface area contributed by atoms with Gasteiger partial charge in [0.05, 0.1) is 24.4 Å². The first-order chi connectivity index (χ1) is 18.1. The molecule has 1 fully saturated rings. The number of halogens is 1. The Balaban J connectivity index is 1.67. The number of hydrogen-bond acceptors (Lipinski definition) is 3. The quantitative estimate of drug-likeness (QED) is 0.196. The first kappa shape index (κ1) is 28.4. The van der Waals surface area contributed by atoms with Gasteiger partial charge >= 0.3 is 7.12 Å². The largest absolute Gasteiger partial charge is 0.494 e. The summed E-state index contributed by atoms with van der Waals surface area (Å²) in [4.78, 5) is 0. The molecular weight excluding hydrogens is 535 g/mol. The molecule has 5 rings (SSSR count). The first-order valence-corrected chi connectivity index (χ1v) is 15.9. The second-order valence-electron chi connectivity index (χ2n) is 12.9. The van der Waals surface area contributed by atoms with Gasteiger partial charge < -0.3 is 14.0 Å². The van der Waals surface area contributed by atoms with Crippen molar-refractivity contribution in [1.82, 2.24) is 0 Å². The van der Waals surface area contributed by atoms with Crippen molar-refractivity contribution in [3.63, 3.8) is 0 Å². The Morgan fingerprint density at radius 1 is 0.711 bits per heavy atom. The average molecular weight is 581 g/mol. The van der Waals surface area contributed by atoms with Crippen LogP contribution in [-0.4, -0.2) is 18.3 Å². The Morgan fingerprint density at radius 2 is 1.24 bits per heavy atom. The monoisotopic (exact) mass is 580 g/mol. The lowest BCUT2D eigenvalue weighted by Crippen LogP contribution is -2.41. The van der Waals surface area contributed by atoms with Crippen LogP contribution in [0.15, 0.2) is 28.7 Å². The van der Waals surface area contributed by atoms with Gasteiger partial charge in [0.1, 0.15) is 0 Å². The van der Waals surface area contributed by atoms with Crippen molar-refractivity contribution in [3.8, 4) is 11.1 Å². The smallest absolute Gasteiger partial charge is 0.399 e. The molecule has 5 heteroatoms. The highest BCUT2D eigenvalue weighted by atomic mass is 79.9. The summed E-state index contributed by atoms with van der Waals surface area (Å²) in [6.45, 7) is 14.5. The predicted octanol–water partition coefficient (Wildman–Crippen LogP) is 8.99. The number of hydrogen-bond donors (Lipinski definition) is 0. The van der Waals surface area contributed by atoms with Crippen molar-refractivity contribution in [2.75, 3.05) is 0 Å². The standard InChI is InChI=1S/C33H46BBrO3/c1-7-9-11-13-15-33(16-14-12-10-8-2)27-19-25(34-37-31(3,4)32(5,6)38-34)17-23-21-36-22-24-18-26(35)20-28(33)30(24)29(23)27/h17-20H,7-16,21-22H2,1-6H3. The summed E-state index contributed by atoms with van der Waals surface area (Å²) in [6.07, 6.45) is 12.6. The Kier molecular flexibility index (Phi) is 8.24. The summed E-state index contributed by atoms with van der Waals surface area (Å²) in [5.74, 6) is 0. The van der Waals surface area contributed by atoms with Crippen molar-refractivity contribution in [3.05, 3.63) is 51.0 Å².